The van der Waals surface area contributed by atoms with Crippen LogP contribution in [0.3, 0.4) is 0 Å². The second-order valence-electron chi connectivity index (χ2n) is 6.68. The summed E-state index contributed by atoms with van der Waals surface area (Å²) in [5.41, 5.74) is 0. The summed E-state index contributed by atoms with van der Waals surface area (Å²) in [5, 5.41) is 2.91. The molecular formula is C16H26N2O3. The van der Waals surface area contributed by atoms with E-state index in [1.165, 1.54) is 4.90 Å². The van der Waals surface area contributed by atoms with E-state index in [0.717, 1.165) is 25.7 Å². The molecule has 5 nitrogen and oxygen atoms in total. The summed E-state index contributed by atoms with van der Waals surface area (Å²) in [6.45, 7) is 6.27. The molecule has 3 atom stereocenters. The summed E-state index contributed by atoms with van der Waals surface area (Å²) in [6.07, 6.45) is 3.90. The minimum absolute atomic E-state index is 0.0607. The third-order valence-corrected chi connectivity index (χ3v) is 4.88. The molecule has 3 amide bonds. The first-order valence-electron chi connectivity index (χ1n) is 8.06. The zero-order valence-corrected chi connectivity index (χ0v) is 13.2. The average molecular weight is 294 g/mol. The third kappa shape index (κ3) is 3.44. The molecular weight excluding hydrogens is 268 g/mol. The predicted octanol–water partition coefficient (Wildman–Crippen LogP) is 1.71. The van der Waals surface area contributed by atoms with E-state index in [0.29, 0.717) is 5.92 Å². The molecule has 118 valence electrons. The molecule has 0 aromatic heterocycles. The highest BCUT2D eigenvalue weighted by molar-refractivity contribution is 6.05. The topological polar surface area (TPSA) is 66.5 Å². The minimum atomic E-state index is -0.121. The van der Waals surface area contributed by atoms with Gasteiger partial charge in [-0.1, -0.05) is 26.7 Å². The van der Waals surface area contributed by atoms with Crippen LogP contribution in [-0.2, 0) is 14.4 Å². The Hall–Kier alpha value is -1.39. The lowest BCUT2D eigenvalue weighted by Gasteiger charge is -2.19. The Morgan fingerprint density at radius 2 is 1.67 bits per heavy atom. The molecule has 2 aliphatic rings. The monoisotopic (exact) mass is 294 g/mol. The van der Waals surface area contributed by atoms with E-state index in [-0.39, 0.29) is 48.6 Å². The van der Waals surface area contributed by atoms with E-state index >= 15 is 0 Å². The highest BCUT2D eigenvalue weighted by atomic mass is 16.2. The molecule has 2 rings (SSSR count). The van der Waals surface area contributed by atoms with Crippen molar-refractivity contribution in [3.05, 3.63) is 0 Å². The number of hydrogen-bond acceptors (Lipinski definition) is 3. The second kappa shape index (κ2) is 6.58. The standard InChI is InChI=1S/C16H26N2O3/c1-10(2)11(3)17-14(19)8-9-18-15(20)12-6-4-5-7-13(12)16(18)21/h10-13H,4-9H2,1-3H3,(H,17,19)/t11-,12+,13+/m0/s1. The highest BCUT2D eigenvalue weighted by Gasteiger charge is 2.47. The molecule has 0 radical (unpaired) electrons. The van der Waals surface area contributed by atoms with Crippen molar-refractivity contribution in [3.63, 3.8) is 0 Å². The molecule has 1 saturated heterocycles. The first-order valence-corrected chi connectivity index (χ1v) is 8.06. The van der Waals surface area contributed by atoms with Crippen molar-refractivity contribution in [1.82, 2.24) is 10.2 Å². The molecule has 5 heteroatoms. The van der Waals surface area contributed by atoms with Crippen molar-refractivity contribution in [1.29, 1.82) is 0 Å². The number of carbonyl (C=O) groups excluding carboxylic acids is 3. The van der Waals surface area contributed by atoms with Gasteiger partial charge in [-0.3, -0.25) is 19.3 Å². The van der Waals surface area contributed by atoms with E-state index in [2.05, 4.69) is 5.32 Å². The summed E-state index contributed by atoms with van der Waals surface area (Å²) in [5.74, 6) is -0.0878. The van der Waals surface area contributed by atoms with E-state index in [1.807, 2.05) is 20.8 Å². The average Bonchev–Trinajstić information content (AvgIpc) is 2.69. The quantitative estimate of drug-likeness (QED) is 0.785. The lowest BCUT2D eigenvalue weighted by molar-refractivity contribution is -0.140. The van der Waals surface area contributed by atoms with Gasteiger partial charge >= 0.3 is 0 Å². The van der Waals surface area contributed by atoms with Crippen molar-refractivity contribution in [2.24, 2.45) is 17.8 Å². The summed E-state index contributed by atoms with van der Waals surface area (Å²) in [6, 6.07) is 0.102. The number of imide groups is 1. The van der Waals surface area contributed by atoms with Crippen LogP contribution in [0, 0.1) is 17.8 Å². The molecule has 0 spiro atoms. The van der Waals surface area contributed by atoms with E-state index in [9.17, 15) is 14.4 Å². The third-order valence-electron chi connectivity index (χ3n) is 4.88. The maximum Gasteiger partial charge on any atom is 0.233 e. The summed E-state index contributed by atoms with van der Waals surface area (Å²) < 4.78 is 0. The van der Waals surface area contributed by atoms with Crippen LogP contribution >= 0.6 is 0 Å². The smallest absolute Gasteiger partial charge is 0.233 e. The fourth-order valence-corrected chi connectivity index (χ4v) is 3.16. The van der Waals surface area contributed by atoms with Crippen molar-refractivity contribution < 1.29 is 14.4 Å². The molecule has 21 heavy (non-hydrogen) atoms. The van der Waals surface area contributed by atoms with Crippen LogP contribution in [0.5, 0.6) is 0 Å². The van der Waals surface area contributed by atoms with Gasteiger partial charge in [-0.2, -0.15) is 0 Å². The van der Waals surface area contributed by atoms with Crippen LogP contribution in [0.1, 0.15) is 52.9 Å². The van der Waals surface area contributed by atoms with Gasteiger partial charge in [0.15, 0.2) is 0 Å². The van der Waals surface area contributed by atoms with Gasteiger partial charge in [-0.05, 0) is 25.7 Å². The van der Waals surface area contributed by atoms with Crippen LogP contribution in [0.15, 0.2) is 0 Å². The van der Waals surface area contributed by atoms with Gasteiger partial charge in [-0.15, -0.1) is 0 Å². The number of nitrogens with one attached hydrogen (secondary N) is 1. The minimum Gasteiger partial charge on any atom is -0.353 e. The first kappa shape index (κ1) is 16.0. The summed E-state index contributed by atoms with van der Waals surface area (Å²) in [4.78, 5) is 37.7. The van der Waals surface area contributed by atoms with Crippen molar-refractivity contribution >= 4 is 17.7 Å². The predicted molar refractivity (Wildman–Crippen MR) is 79.2 cm³/mol. The SMILES string of the molecule is CC(C)[C@H](C)NC(=O)CCN1C(=O)[C@@H]2CCCC[C@H]2C1=O. The Kier molecular flexibility index (Phi) is 5.01. The van der Waals surface area contributed by atoms with Crippen LogP contribution in [0.25, 0.3) is 0 Å². The molecule has 1 aliphatic carbocycles. The zero-order chi connectivity index (χ0) is 15.6. The number of nitrogens with zero attached hydrogens (tertiary/aromatic N) is 1. The molecule has 1 saturated carbocycles. The highest BCUT2D eigenvalue weighted by Crippen LogP contribution is 2.37. The molecule has 0 aromatic carbocycles. The molecule has 2 fully saturated rings. The number of rotatable bonds is 5. The van der Waals surface area contributed by atoms with Gasteiger partial charge < -0.3 is 5.32 Å². The number of likely N-dealkylation sites (tertiary alicyclic amines) is 1. The Morgan fingerprint density at radius 3 is 2.14 bits per heavy atom. The van der Waals surface area contributed by atoms with Crippen LogP contribution in [0.4, 0.5) is 0 Å². The van der Waals surface area contributed by atoms with Crippen LogP contribution in [0.2, 0.25) is 0 Å². The molecule has 0 bridgehead atoms. The number of fused-ring (bicyclic) bond motifs is 1. The fraction of sp³-hybridized carbons (Fsp3) is 0.812. The van der Waals surface area contributed by atoms with Gasteiger partial charge in [0.05, 0.1) is 11.8 Å². The van der Waals surface area contributed by atoms with Gasteiger partial charge in [0.2, 0.25) is 17.7 Å². The maximum atomic E-state index is 12.3. The molecule has 1 N–H and O–H groups in total. The van der Waals surface area contributed by atoms with E-state index in [1.54, 1.807) is 0 Å². The van der Waals surface area contributed by atoms with Gasteiger partial charge in [-0.25, -0.2) is 0 Å². The number of carbonyl (C=O) groups is 3. The fourth-order valence-electron chi connectivity index (χ4n) is 3.16. The van der Waals surface area contributed by atoms with Gasteiger partial charge in [0, 0.05) is 19.0 Å². The van der Waals surface area contributed by atoms with Gasteiger partial charge in [0.1, 0.15) is 0 Å². The normalized spacial score (nSPS) is 27.0. The largest absolute Gasteiger partial charge is 0.353 e. The van der Waals surface area contributed by atoms with Crippen molar-refractivity contribution in [2.75, 3.05) is 6.54 Å². The van der Waals surface area contributed by atoms with Crippen LogP contribution < -0.4 is 5.32 Å². The number of hydrogen-bond donors (Lipinski definition) is 1. The van der Waals surface area contributed by atoms with E-state index < -0.39 is 0 Å². The van der Waals surface area contributed by atoms with Crippen molar-refractivity contribution in [3.8, 4) is 0 Å². The zero-order valence-electron chi connectivity index (χ0n) is 13.2. The summed E-state index contributed by atoms with van der Waals surface area (Å²) in [7, 11) is 0. The van der Waals surface area contributed by atoms with Crippen LogP contribution in [-0.4, -0.2) is 35.2 Å². The second-order valence-corrected chi connectivity index (χ2v) is 6.68. The summed E-state index contributed by atoms with van der Waals surface area (Å²) >= 11 is 0. The molecule has 1 heterocycles. The molecule has 0 unspecified atom stereocenters. The molecule has 1 aliphatic heterocycles. The number of amides is 3. The van der Waals surface area contributed by atoms with Crippen molar-refractivity contribution in [2.45, 2.75) is 58.9 Å². The van der Waals surface area contributed by atoms with Gasteiger partial charge in [0.25, 0.3) is 0 Å². The Bertz CT molecular complexity index is 409. The lowest BCUT2D eigenvalue weighted by atomic mass is 9.81. The maximum absolute atomic E-state index is 12.3. The van der Waals surface area contributed by atoms with E-state index in [4.69, 9.17) is 0 Å². The lowest BCUT2D eigenvalue weighted by Crippen LogP contribution is -2.39. The Morgan fingerprint density at radius 1 is 1.14 bits per heavy atom. The Balaban J connectivity index is 1.87. The first-order chi connectivity index (χ1) is 9.91. The Labute approximate surface area is 126 Å². The molecule has 0 aromatic rings.